The van der Waals surface area contributed by atoms with E-state index in [9.17, 15) is 24.3 Å². The van der Waals surface area contributed by atoms with E-state index in [1.165, 1.54) is 14.0 Å². The first-order valence-electron chi connectivity index (χ1n) is 21.7. The topological polar surface area (TPSA) is 172 Å². The molecule has 3 fully saturated rings. The quantitative estimate of drug-likeness (QED) is 0.157. The Balaban J connectivity index is 1.44. The lowest BCUT2D eigenvalue weighted by atomic mass is 9.73. The average Bonchev–Trinajstić information content (AvgIpc) is 3.80. The number of Topliss-reactive ketones (excluding diaryl/α,β-unsaturated/α-hetero) is 2. The van der Waals surface area contributed by atoms with Gasteiger partial charge in [0, 0.05) is 74.2 Å². The number of rotatable bonds is 12. The zero-order valence-electron chi connectivity index (χ0n) is 37.7. The van der Waals surface area contributed by atoms with Crippen LogP contribution in [-0.4, -0.2) is 134 Å². The van der Waals surface area contributed by atoms with Crippen LogP contribution in [0.5, 0.6) is 0 Å². The van der Waals surface area contributed by atoms with Gasteiger partial charge >= 0.3 is 12.1 Å². The minimum absolute atomic E-state index is 0.128. The molecule has 13 atom stereocenters. The number of amides is 1. The lowest BCUT2D eigenvalue weighted by molar-refractivity contribution is -0.296. The van der Waals surface area contributed by atoms with Crippen molar-refractivity contribution < 1.29 is 48.0 Å². The van der Waals surface area contributed by atoms with Crippen LogP contribution in [0.1, 0.15) is 101 Å². The summed E-state index contributed by atoms with van der Waals surface area (Å²) in [5.41, 5.74) is -0.949. The molecule has 3 saturated heterocycles. The monoisotopic (exact) mass is 840 g/mol. The van der Waals surface area contributed by atoms with Crippen molar-refractivity contribution in [3.63, 3.8) is 0 Å². The largest absolute Gasteiger partial charge is 0.458 e. The van der Waals surface area contributed by atoms with E-state index in [1.807, 2.05) is 64.6 Å². The predicted octanol–water partition coefficient (Wildman–Crippen LogP) is 5.71. The van der Waals surface area contributed by atoms with Gasteiger partial charge in [-0.3, -0.25) is 24.3 Å². The van der Waals surface area contributed by atoms with Gasteiger partial charge in [-0.1, -0.05) is 27.7 Å². The van der Waals surface area contributed by atoms with Gasteiger partial charge in [0.2, 0.25) is 0 Å². The van der Waals surface area contributed by atoms with Crippen LogP contribution in [0.15, 0.2) is 37.1 Å². The van der Waals surface area contributed by atoms with E-state index >= 15 is 0 Å². The number of ether oxygens (including phenoxy) is 5. The summed E-state index contributed by atoms with van der Waals surface area (Å²) in [6.45, 7) is 19.1. The lowest BCUT2D eigenvalue weighted by Crippen LogP contribution is -2.61. The Kier molecular flexibility index (Phi) is 15.4. The number of cyclic esters (lactones) is 1. The number of carbonyl (C=O) groups excluding carboxylic acids is 4. The normalized spacial score (nSPS) is 36.0. The second kappa shape index (κ2) is 19.5. The fraction of sp³-hybridized carbons (Fsp3) is 0.733. The highest BCUT2D eigenvalue weighted by Gasteiger charge is 2.60. The molecule has 5 heterocycles. The van der Waals surface area contributed by atoms with E-state index in [-0.39, 0.29) is 36.8 Å². The van der Waals surface area contributed by atoms with Gasteiger partial charge in [-0.25, -0.2) is 9.78 Å². The summed E-state index contributed by atoms with van der Waals surface area (Å²) in [5, 5.41) is 11.7. The molecule has 3 aliphatic rings. The van der Waals surface area contributed by atoms with E-state index in [2.05, 4.69) is 14.9 Å². The number of unbranched alkanes of at least 4 members (excludes halogenated alkanes) is 1. The van der Waals surface area contributed by atoms with Crippen LogP contribution in [0.25, 0.3) is 11.3 Å². The van der Waals surface area contributed by atoms with Crippen molar-refractivity contribution >= 4 is 23.6 Å². The molecule has 0 aromatic carbocycles. The van der Waals surface area contributed by atoms with Gasteiger partial charge in [-0.2, -0.15) is 0 Å². The zero-order chi connectivity index (χ0) is 44.3. The van der Waals surface area contributed by atoms with Crippen molar-refractivity contribution in [1.82, 2.24) is 24.3 Å². The molecule has 0 unspecified atom stereocenters. The van der Waals surface area contributed by atoms with E-state index in [0.29, 0.717) is 32.4 Å². The number of hydrogen-bond acceptors (Lipinski definition) is 13. The summed E-state index contributed by atoms with van der Waals surface area (Å²) in [6.07, 6.45) is 4.41. The fourth-order valence-corrected chi connectivity index (χ4v) is 9.71. The number of fused-ring (bicyclic) bond motifs is 1. The highest BCUT2D eigenvalue weighted by atomic mass is 16.7. The van der Waals surface area contributed by atoms with Gasteiger partial charge in [-0.15, -0.1) is 0 Å². The van der Waals surface area contributed by atoms with Crippen LogP contribution in [0.3, 0.4) is 0 Å². The molecule has 15 nitrogen and oxygen atoms in total. The molecule has 0 saturated carbocycles. The molecule has 15 heteroatoms. The van der Waals surface area contributed by atoms with E-state index in [1.54, 1.807) is 51.3 Å². The van der Waals surface area contributed by atoms with Crippen molar-refractivity contribution in [2.75, 3.05) is 20.7 Å². The van der Waals surface area contributed by atoms with Crippen molar-refractivity contribution in [3.8, 4) is 11.3 Å². The number of aromatic nitrogens is 3. The van der Waals surface area contributed by atoms with Crippen LogP contribution in [0.4, 0.5) is 4.79 Å². The molecule has 60 heavy (non-hydrogen) atoms. The molecule has 0 radical (unpaired) electrons. The van der Waals surface area contributed by atoms with Crippen molar-refractivity contribution in [2.45, 2.75) is 168 Å². The van der Waals surface area contributed by atoms with Gasteiger partial charge in [0.1, 0.15) is 23.9 Å². The van der Waals surface area contributed by atoms with Crippen LogP contribution in [0, 0.1) is 23.7 Å². The van der Waals surface area contributed by atoms with Gasteiger partial charge in [0.05, 0.1) is 35.9 Å². The third-order valence-corrected chi connectivity index (χ3v) is 13.5. The van der Waals surface area contributed by atoms with E-state index in [4.69, 9.17) is 23.7 Å². The molecule has 1 amide bonds. The number of ketones is 2. The number of imidazole rings is 1. The maximum absolute atomic E-state index is 14.8. The number of methoxy groups -OCH3 is 1. The molecule has 1 N–H and O–H groups in total. The van der Waals surface area contributed by atoms with Crippen LogP contribution >= 0.6 is 0 Å². The van der Waals surface area contributed by atoms with Crippen LogP contribution in [-0.2, 0) is 44.6 Å². The summed E-state index contributed by atoms with van der Waals surface area (Å²) in [7, 11) is 3.45. The number of likely N-dealkylation sites (N-methyl/N-ethyl adjacent to an activating group) is 1. The van der Waals surface area contributed by atoms with Crippen molar-refractivity contribution in [2.24, 2.45) is 23.7 Å². The number of hydrogen-bond donors (Lipinski definition) is 1. The molecule has 2 aromatic rings. The highest BCUT2D eigenvalue weighted by molar-refractivity contribution is 6.00. The van der Waals surface area contributed by atoms with Crippen molar-refractivity contribution in [3.05, 3.63) is 37.1 Å². The third-order valence-electron chi connectivity index (χ3n) is 13.5. The fourth-order valence-electron chi connectivity index (χ4n) is 9.71. The number of pyridine rings is 1. The van der Waals surface area contributed by atoms with E-state index < -0.39 is 83.4 Å². The molecule has 334 valence electrons. The number of aliphatic hydroxyl groups is 1. The third kappa shape index (κ3) is 9.80. The summed E-state index contributed by atoms with van der Waals surface area (Å²) < 4.78 is 33.4. The number of carbonyl (C=O) groups is 4. The summed E-state index contributed by atoms with van der Waals surface area (Å²) in [4.78, 5) is 69.5. The maximum atomic E-state index is 14.8. The minimum Gasteiger partial charge on any atom is -0.458 e. The Morgan fingerprint density at radius 3 is 2.37 bits per heavy atom. The molecular formula is C45H69N5O10. The zero-order valence-corrected chi connectivity index (χ0v) is 37.7. The molecule has 5 rings (SSSR count). The molecule has 2 aromatic heterocycles. The Bertz CT molecular complexity index is 1790. The van der Waals surface area contributed by atoms with Crippen LogP contribution in [0.2, 0.25) is 0 Å². The second-order valence-electron chi connectivity index (χ2n) is 18.1. The van der Waals surface area contributed by atoms with Gasteiger partial charge < -0.3 is 38.3 Å². The molecular weight excluding hydrogens is 771 g/mol. The maximum Gasteiger partial charge on any atom is 0.410 e. The minimum atomic E-state index is -1.40. The highest BCUT2D eigenvalue weighted by Crippen LogP contribution is 2.43. The second-order valence-corrected chi connectivity index (χ2v) is 18.1. The van der Waals surface area contributed by atoms with Gasteiger partial charge in [0.15, 0.2) is 17.7 Å². The summed E-state index contributed by atoms with van der Waals surface area (Å²) in [5.74, 6) is -4.97. The Morgan fingerprint density at radius 2 is 1.73 bits per heavy atom. The van der Waals surface area contributed by atoms with Crippen LogP contribution < -0.4 is 0 Å². The average molecular weight is 840 g/mol. The number of aliphatic hydroxyl groups excluding tert-OH is 1. The van der Waals surface area contributed by atoms with Crippen molar-refractivity contribution in [1.29, 1.82) is 0 Å². The number of nitrogens with zero attached hydrogens (tertiary/aromatic N) is 5. The Hall–Kier alpha value is -3.76. The smallest absolute Gasteiger partial charge is 0.410 e. The lowest BCUT2D eigenvalue weighted by Gasteiger charge is -2.48. The van der Waals surface area contributed by atoms with Gasteiger partial charge in [0.25, 0.3) is 0 Å². The molecule has 3 aliphatic heterocycles. The van der Waals surface area contributed by atoms with Gasteiger partial charge in [-0.05, 0) is 92.8 Å². The first-order valence-corrected chi connectivity index (χ1v) is 21.7. The summed E-state index contributed by atoms with van der Waals surface area (Å²) in [6, 6.07) is 2.87. The summed E-state index contributed by atoms with van der Waals surface area (Å²) >= 11 is 0. The van der Waals surface area contributed by atoms with E-state index in [0.717, 1.165) is 11.3 Å². The first-order chi connectivity index (χ1) is 28.3. The first kappa shape index (κ1) is 47.3. The molecule has 0 spiro atoms. The predicted molar refractivity (Wildman–Crippen MR) is 223 cm³/mol. The SMILES string of the molecule is CC[C@H]1OC(=O)[C@H](C)C(=O)[C@H](C)[C@@H](O[C@@H]2O[C@H](C)C[C@H](N(C)C(C)C)[C@H]2O)[C@](C)(OC)C[C@@H](C)C(=O)[C@H](C)[C@@H]2N(CCCCn3cnc(-c4cccnc4)c3)C(=O)O[C@@]21C. The Morgan fingerprint density at radius 1 is 1.03 bits per heavy atom. The number of esters is 1. The molecule has 0 aliphatic carbocycles. The Labute approximate surface area is 355 Å². The molecule has 0 bridgehead atoms. The number of aryl methyl sites for hydroxylation is 1. The standard InChI is InChI=1S/C45H69N5O10/c1-13-35-45(10)39(50(43(55)60-45)20-15-14-19-49-24-33(47-25-49)32-17-16-18-46-23-32)29(6)36(51)27(4)22-44(9,56-12)40(30(7)37(52)31(8)41(54)58-35)59-42-38(53)34(21-28(5)57-42)48(11)26(2)3/h16-18,23-31,34-35,38-40,42,53H,13-15,19-22H2,1-12H3/t27-,28-,29+,30+,31-,34+,35-,38-,39+,40-,42+,44-,45-/m1/s1.